The number of rotatable bonds is 7. The quantitative estimate of drug-likeness (QED) is 0.669. The van der Waals surface area contributed by atoms with Gasteiger partial charge in [0.25, 0.3) is 5.91 Å². The fourth-order valence-corrected chi connectivity index (χ4v) is 2.45. The molecule has 7 nitrogen and oxygen atoms in total. The summed E-state index contributed by atoms with van der Waals surface area (Å²) in [5.41, 5.74) is 2.61. The number of pyridine rings is 2. The molecular formula is C20H20N4O3. The highest BCUT2D eigenvalue weighted by Gasteiger charge is 2.12. The van der Waals surface area contributed by atoms with E-state index >= 15 is 0 Å². The minimum atomic E-state index is -0.285. The lowest BCUT2D eigenvalue weighted by molar-refractivity contribution is 0.102. The number of amides is 1. The van der Waals surface area contributed by atoms with Crippen LogP contribution in [0.5, 0.6) is 11.5 Å². The first-order valence-corrected chi connectivity index (χ1v) is 8.32. The third-order valence-electron chi connectivity index (χ3n) is 3.86. The Labute approximate surface area is 157 Å². The second kappa shape index (κ2) is 8.66. The van der Waals surface area contributed by atoms with Gasteiger partial charge in [0.15, 0.2) is 0 Å². The Morgan fingerprint density at radius 3 is 2.70 bits per heavy atom. The van der Waals surface area contributed by atoms with Crippen molar-refractivity contribution in [2.24, 2.45) is 0 Å². The van der Waals surface area contributed by atoms with Gasteiger partial charge in [0.1, 0.15) is 11.5 Å². The minimum Gasteiger partial charge on any atom is -0.497 e. The highest BCUT2D eigenvalue weighted by atomic mass is 16.5. The van der Waals surface area contributed by atoms with Crippen molar-refractivity contribution in [3.63, 3.8) is 0 Å². The average molecular weight is 364 g/mol. The van der Waals surface area contributed by atoms with Crippen LogP contribution in [0.4, 0.5) is 11.4 Å². The van der Waals surface area contributed by atoms with E-state index in [0.29, 0.717) is 29.3 Å². The first-order valence-electron chi connectivity index (χ1n) is 8.32. The van der Waals surface area contributed by atoms with E-state index in [2.05, 4.69) is 20.6 Å². The molecule has 1 amide bonds. The van der Waals surface area contributed by atoms with E-state index in [1.807, 2.05) is 18.2 Å². The third-order valence-corrected chi connectivity index (χ3v) is 3.86. The van der Waals surface area contributed by atoms with Crippen LogP contribution in [-0.4, -0.2) is 30.1 Å². The summed E-state index contributed by atoms with van der Waals surface area (Å²) in [5, 5.41) is 6.04. The molecule has 0 saturated heterocycles. The average Bonchev–Trinajstić information content (AvgIpc) is 2.73. The van der Waals surface area contributed by atoms with Gasteiger partial charge in [0, 0.05) is 24.7 Å². The maximum Gasteiger partial charge on any atom is 0.257 e. The Morgan fingerprint density at radius 2 is 1.96 bits per heavy atom. The number of hydrogen-bond donors (Lipinski definition) is 2. The van der Waals surface area contributed by atoms with Crippen molar-refractivity contribution in [3.8, 4) is 11.5 Å². The summed E-state index contributed by atoms with van der Waals surface area (Å²) in [5.74, 6) is 0.875. The Morgan fingerprint density at radius 1 is 1.07 bits per heavy atom. The lowest BCUT2D eigenvalue weighted by Crippen LogP contribution is -2.13. The minimum absolute atomic E-state index is 0.285. The van der Waals surface area contributed by atoms with Crippen LogP contribution in [0.2, 0.25) is 0 Å². The van der Waals surface area contributed by atoms with E-state index in [9.17, 15) is 4.79 Å². The molecule has 2 aromatic heterocycles. The van der Waals surface area contributed by atoms with Crippen molar-refractivity contribution >= 4 is 17.3 Å². The molecule has 3 rings (SSSR count). The summed E-state index contributed by atoms with van der Waals surface area (Å²) in [7, 11) is 3.11. The van der Waals surface area contributed by atoms with Gasteiger partial charge in [-0.2, -0.15) is 0 Å². The van der Waals surface area contributed by atoms with Crippen LogP contribution in [0.25, 0.3) is 0 Å². The molecule has 2 N–H and O–H groups in total. The Balaban J connectivity index is 1.70. The molecule has 138 valence electrons. The molecule has 7 heteroatoms. The van der Waals surface area contributed by atoms with Crippen LogP contribution >= 0.6 is 0 Å². The fourth-order valence-electron chi connectivity index (χ4n) is 2.45. The predicted molar refractivity (Wildman–Crippen MR) is 103 cm³/mol. The Bertz CT molecular complexity index is 916. The lowest BCUT2D eigenvalue weighted by Gasteiger charge is -2.12. The highest BCUT2D eigenvalue weighted by Crippen LogP contribution is 2.29. The van der Waals surface area contributed by atoms with E-state index in [4.69, 9.17) is 9.47 Å². The van der Waals surface area contributed by atoms with Gasteiger partial charge in [0.2, 0.25) is 0 Å². The zero-order valence-electron chi connectivity index (χ0n) is 15.1. The summed E-state index contributed by atoms with van der Waals surface area (Å²) in [6.45, 7) is 0.542. The summed E-state index contributed by atoms with van der Waals surface area (Å²) >= 11 is 0. The maximum absolute atomic E-state index is 12.6. The lowest BCUT2D eigenvalue weighted by atomic mass is 10.2. The van der Waals surface area contributed by atoms with E-state index in [1.165, 1.54) is 13.3 Å². The Kier molecular flexibility index (Phi) is 5.84. The standard InChI is InChI=1S/C20H20N4O3/c1-26-17-6-7-18(19(10-17)27-2)24-20(25)14-9-16(12-21-11-14)23-13-15-5-3-4-8-22-15/h3-12,23H,13H2,1-2H3,(H,24,25). The first-order chi connectivity index (χ1) is 13.2. The van der Waals surface area contributed by atoms with Crippen molar-refractivity contribution in [2.45, 2.75) is 6.54 Å². The third kappa shape index (κ3) is 4.72. The van der Waals surface area contributed by atoms with Gasteiger partial charge >= 0.3 is 0 Å². The number of anilines is 2. The van der Waals surface area contributed by atoms with E-state index in [1.54, 1.807) is 43.8 Å². The SMILES string of the molecule is COc1ccc(NC(=O)c2cncc(NCc3ccccn3)c2)c(OC)c1. The van der Waals surface area contributed by atoms with Crippen LogP contribution in [0.15, 0.2) is 61.1 Å². The molecule has 0 radical (unpaired) electrons. The van der Waals surface area contributed by atoms with Crippen molar-refractivity contribution < 1.29 is 14.3 Å². The number of carbonyl (C=O) groups excluding carboxylic acids is 1. The molecule has 0 aliphatic carbocycles. The van der Waals surface area contributed by atoms with Crippen LogP contribution in [0.1, 0.15) is 16.1 Å². The monoisotopic (exact) mass is 364 g/mol. The zero-order chi connectivity index (χ0) is 19.1. The van der Waals surface area contributed by atoms with Gasteiger partial charge in [-0.3, -0.25) is 14.8 Å². The summed E-state index contributed by atoms with van der Waals surface area (Å²) < 4.78 is 10.5. The number of aromatic nitrogens is 2. The van der Waals surface area contributed by atoms with Crippen LogP contribution in [-0.2, 0) is 6.54 Å². The highest BCUT2D eigenvalue weighted by molar-refractivity contribution is 6.05. The molecule has 0 aliphatic rings. The van der Waals surface area contributed by atoms with Crippen molar-refractivity contribution in [1.29, 1.82) is 0 Å². The van der Waals surface area contributed by atoms with E-state index in [-0.39, 0.29) is 5.91 Å². The van der Waals surface area contributed by atoms with Crippen LogP contribution in [0.3, 0.4) is 0 Å². The predicted octanol–water partition coefficient (Wildman–Crippen LogP) is 3.36. The summed E-state index contributed by atoms with van der Waals surface area (Å²) in [4.78, 5) is 21.0. The number of carbonyl (C=O) groups is 1. The number of hydrogen-bond acceptors (Lipinski definition) is 6. The van der Waals surface area contributed by atoms with Gasteiger partial charge in [-0.1, -0.05) is 6.07 Å². The molecule has 0 saturated carbocycles. The van der Waals surface area contributed by atoms with Gasteiger partial charge in [-0.25, -0.2) is 0 Å². The largest absolute Gasteiger partial charge is 0.497 e. The van der Waals surface area contributed by atoms with Crippen LogP contribution in [0, 0.1) is 0 Å². The van der Waals surface area contributed by atoms with E-state index < -0.39 is 0 Å². The number of benzene rings is 1. The first kappa shape index (κ1) is 18.2. The molecule has 0 aliphatic heterocycles. The second-order valence-corrected chi connectivity index (χ2v) is 5.66. The molecular weight excluding hydrogens is 344 g/mol. The number of nitrogens with one attached hydrogen (secondary N) is 2. The molecule has 0 atom stereocenters. The van der Waals surface area contributed by atoms with Gasteiger partial charge in [-0.15, -0.1) is 0 Å². The van der Waals surface area contributed by atoms with Crippen molar-refractivity contribution in [3.05, 3.63) is 72.3 Å². The molecule has 0 bridgehead atoms. The maximum atomic E-state index is 12.6. The Hall–Kier alpha value is -3.61. The fraction of sp³-hybridized carbons (Fsp3) is 0.150. The summed E-state index contributed by atoms with van der Waals surface area (Å²) in [6, 6.07) is 12.6. The van der Waals surface area contributed by atoms with Gasteiger partial charge in [-0.05, 0) is 30.3 Å². The number of methoxy groups -OCH3 is 2. The van der Waals surface area contributed by atoms with Gasteiger partial charge in [0.05, 0.1) is 43.4 Å². The molecule has 27 heavy (non-hydrogen) atoms. The normalized spacial score (nSPS) is 10.1. The topological polar surface area (TPSA) is 85.4 Å². The smallest absolute Gasteiger partial charge is 0.257 e. The van der Waals surface area contributed by atoms with Gasteiger partial charge < -0.3 is 20.1 Å². The van der Waals surface area contributed by atoms with Crippen molar-refractivity contribution in [2.75, 3.05) is 24.9 Å². The summed E-state index contributed by atoms with van der Waals surface area (Å²) in [6.07, 6.45) is 4.91. The molecule has 0 unspecified atom stereocenters. The van der Waals surface area contributed by atoms with Crippen molar-refractivity contribution in [1.82, 2.24) is 9.97 Å². The number of ether oxygens (including phenoxy) is 2. The van der Waals surface area contributed by atoms with E-state index in [0.717, 1.165) is 11.4 Å². The molecule has 0 fully saturated rings. The molecule has 1 aromatic carbocycles. The van der Waals surface area contributed by atoms with Crippen LogP contribution < -0.4 is 20.1 Å². The molecule has 2 heterocycles. The zero-order valence-corrected chi connectivity index (χ0v) is 15.1. The molecule has 0 spiro atoms. The number of nitrogens with zero attached hydrogens (tertiary/aromatic N) is 2. The molecule has 3 aromatic rings. The second-order valence-electron chi connectivity index (χ2n) is 5.66.